The molecule has 0 bridgehead atoms. The van der Waals surface area contributed by atoms with Gasteiger partial charge in [0.25, 0.3) is 0 Å². The summed E-state index contributed by atoms with van der Waals surface area (Å²) in [6.07, 6.45) is 1.87. The van der Waals surface area contributed by atoms with Crippen molar-refractivity contribution in [3.63, 3.8) is 0 Å². The van der Waals surface area contributed by atoms with E-state index in [9.17, 15) is 4.79 Å². The van der Waals surface area contributed by atoms with Crippen molar-refractivity contribution in [2.75, 3.05) is 26.3 Å². The number of nitrogens with zero attached hydrogens (tertiary/aromatic N) is 1. The topological polar surface area (TPSA) is 71.5 Å². The minimum absolute atomic E-state index is 0.0122. The molecule has 0 aromatic carbocycles. The normalized spacial score (nSPS) is 10.7. The zero-order valence-corrected chi connectivity index (χ0v) is 11.5. The van der Waals surface area contributed by atoms with Gasteiger partial charge in [0.2, 0.25) is 0 Å². The maximum absolute atomic E-state index is 10.5. The Kier molecular flexibility index (Phi) is 7.55. The molecule has 1 aromatic heterocycles. The third kappa shape index (κ3) is 6.68. The van der Waals surface area contributed by atoms with Crippen LogP contribution < -0.4 is 5.32 Å². The lowest BCUT2D eigenvalue weighted by molar-refractivity contribution is -0.136. The number of rotatable bonds is 10. The Bertz CT molecular complexity index is 355. The Hall–Kier alpha value is -0.980. The van der Waals surface area contributed by atoms with Crippen LogP contribution >= 0.6 is 11.3 Å². The lowest BCUT2D eigenvalue weighted by Crippen LogP contribution is -2.19. The van der Waals surface area contributed by atoms with E-state index >= 15 is 0 Å². The highest BCUT2D eigenvalue weighted by molar-refractivity contribution is 7.09. The molecule has 102 valence electrons. The van der Waals surface area contributed by atoms with Crippen LogP contribution in [0.4, 0.5) is 0 Å². The lowest BCUT2D eigenvalue weighted by Gasteiger charge is -2.03. The van der Waals surface area contributed by atoms with E-state index in [-0.39, 0.29) is 6.42 Å². The van der Waals surface area contributed by atoms with E-state index in [0.717, 1.165) is 44.2 Å². The summed E-state index contributed by atoms with van der Waals surface area (Å²) in [4.78, 5) is 14.8. The summed E-state index contributed by atoms with van der Waals surface area (Å²) in [5.41, 5.74) is 0.652. The second kappa shape index (κ2) is 9.02. The van der Waals surface area contributed by atoms with Crippen molar-refractivity contribution in [1.29, 1.82) is 0 Å². The van der Waals surface area contributed by atoms with Crippen LogP contribution in [0.5, 0.6) is 0 Å². The van der Waals surface area contributed by atoms with Crippen LogP contribution in [0, 0.1) is 0 Å². The van der Waals surface area contributed by atoms with E-state index in [1.54, 1.807) is 0 Å². The number of aromatic nitrogens is 1. The summed E-state index contributed by atoms with van der Waals surface area (Å²) in [7, 11) is 0. The third-order valence-corrected chi connectivity index (χ3v) is 3.25. The molecule has 1 aromatic rings. The summed E-state index contributed by atoms with van der Waals surface area (Å²) in [5, 5.41) is 14.8. The second-order valence-electron chi connectivity index (χ2n) is 3.85. The van der Waals surface area contributed by atoms with Crippen molar-refractivity contribution in [3.05, 3.63) is 16.1 Å². The zero-order chi connectivity index (χ0) is 13.2. The number of hydrogen-bond acceptors (Lipinski definition) is 5. The van der Waals surface area contributed by atoms with Crippen molar-refractivity contribution in [1.82, 2.24) is 10.3 Å². The van der Waals surface area contributed by atoms with Crippen molar-refractivity contribution >= 4 is 17.3 Å². The number of carboxylic acid groups (broad SMARTS) is 1. The number of hydrogen-bond donors (Lipinski definition) is 2. The first-order valence-corrected chi connectivity index (χ1v) is 7.04. The highest BCUT2D eigenvalue weighted by Gasteiger charge is 2.05. The van der Waals surface area contributed by atoms with Crippen molar-refractivity contribution in [2.24, 2.45) is 0 Å². The number of carbonyl (C=O) groups is 1. The predicted molar refractivity (Wildman–Crippen MR) is 71.1 cm³/mol. The van der Waals surface area contributed by atoms with E-state index < -0.39 is 5.97 Å². The van der Waals surface area contributed by atoms with Gasteiger partial charge in [-0.3, -0.25) is 4.79 Å². The van der Waals surface area contributed by atoms with Gasteiger partial charge in [0, 0.05) is 31.6 Å². The molecule has 1 heterocycles. The Balaban J connectivity index is 2.08. The fraction of sp³-hybridized carbons (Fsp3) is 0.667. The number of thiazole rings is 1. The molecule has 0 saturated carbocycles. The van der Waals surface area contributed by atoms with Gasteiger partial charge in [-0.15, -0.1) is 11.3 Å². The first-order valence-electron chi connectivity index (χ1n) is 6.16. The number of aliphatic carboxylic acids is 1. The maximum Gasteiger partial charge on any atom is 0.309 e. The van der Waals surface area contributed by atoms with E-state index in [1.165, 1.54) is 11.3 Å². The lowest BCUT2D eigenvalue weighted by atomic mass is 10.3. The van der Waals surface area contributed by atoms with Crippen LogP contribution in [0.3, 0.4) is 0 Å². The molecule has 0 radical (unpaired) electrons. The van der Waals surface area contributed by atoms with Gasteiger partial charge in [-0.2, -0.15) is 0 Å². The standard InChI is InChI=1S/C12H20N2O3S/c1-2-17-7-3-5-13-6-4-11-14-10(9-18-11)8-12(15)16/h9,13H,2-8H2,1H3,(H,15,16). The summed E-state index contributed by atoms with van der Waals surface area (Å²) < 4.78 is 5.23. The Labute approximate surface area is 111 Å². The summed E-state index contributed by atoms with van der Waals surface area (Å²) >= 11 is 1.52. The number of carboxylic acids is 1. The van der Waals surface area contributed by atoms with Crippen LogP contribution in [0.15, 0.2) is 5.38 Å². The van der Waals surface area contributed by atoms with Crippen LogP contribution in [0.25, 0.3) is 0 Å². The Morgan fingerprint density at radius 1 is 1.56 bits per heavy atom. The smallest absolute Gasteiger partial charge is 0.309 e. The fourth-order valence-corrected chi connectivity index (χ4v) is 2.26. The van der Waals surface area contributed by atoms with Crippen molar-refractivity contribution in [2.45, 2.75) is 26.2 Å². The molecule has 2 N–H and O–H groups in total. The van der Waals surface area contributed by atoms with Gasteiger partial charge in [0.05, 0.1) is 17.1 Å². The highest BCUT2D eigenvalue weighted by Crippen LogP contribution is 2.10. The van der Waals surface area contributed by atoms with E-state index in [4.69, 9.17) is 9.84 Å². The monoisotopic (exact) mass is 272 g/mol. The average molecular weight is 272 g/mol. The first kappa shape index (κ1) is 15.1. The zero-order valence-electron chi connectivity index (χ0n) is 10.6. The van der Waals surface area contributed by atoms with Crippen LogP contribution in [-0.2, 0) is 22.4 Å². The Morgan fingerprint density at radius 3 is 3.11 bits per heavy atom. The van der Waals surface area contributed by atoms with Gasteiger partial charge in [-0.05, 0) is 19.9 Å². The van der Waals surface area contributed by atoms with Crippen LogP contribution in [0.1, 0.15) is 24.0 Å². The van der Waals surface area contributed by atoms with Gasteiger partial charge in [0.1, 0.15) is 0 Å². The van der Waals surface area contributed by atoms with Gasteiger partial charge in [0.15, 0.2) is 0 Å². The molecule has 6 heteroatoms. The highest BCUT2D eigenvalue weighted by atomic mass is 32.1. The molecule has 5 nitrogen and oxygen atoms in total. The van der Waals surface area contributed by atoms with Crippen molar-refractivity contribution < 1.29 is 14.6 Å². The molecule has 0 aliphatic carbocycles. The molecule has 0 spiro atoms. The minimum Gasteiger partial charge on any atom is -0.481 e. The molecule has 0 atom stereocenters. The minimum atomic E-state index is -0.833. The fourth-order valence-electron chi connectivity index (χ4n) is 1.46. The molecule has 0 fully saturated rings. The summed E-state index contributed by atoms with van der Waals surface area (Å²) in [5.74, 6) is -0.833. The Morgan fingerprint density at radius 2 is 2.39 bits per heavy atom. The van der Waals surface area contributed by atoms with Gasteiger partial charge in [-0.1, -0.05) is 0 Å². The molecule has 0 amide bonds. The molecular weight excluding hydrogens is 252 g/mol. The maximum atomic E-state index is 10.5. The van der Waals surface area contributed by atoms with E-state index in [2.05, 4.69) is 10.3 Å². The molecule has 0 unspecified atom stereocenters. The summed E-state index contributed by atoms with van der Waals surface area (Å²) in [6.45, 7) is 5.36. The van der Waals surface area contributed by atoms with Gasteiger partial charge < -0.3 is 15.2 Å². The van der Waals surface area contributed by atoms with E-state index in [1.807, 2.05) is 12.3 Å². The quantitative estimate of drug-likeness (QED) is 0.629. The third-order valence-electron chi connectivity index (χ3n) is 2.29. The molecular formula is C12H20N2O3S. The summed E-state index contributed by atoms with van der Waals surface area (Å²) in [6, 6.07) is 0. The predicted octanol–water partition coefficient (Wildman–Crippen LogP) is 1.33. The molecule has 0 saturated heterocycles. The largest absolute Gasteiger partial charge is 0.481 e. The van der Waals surface area contributed by atoms with Crippen molar-refractivity contribution in [3.8, 4) is 0 Å². The average Bonchev–Trinajstić information content (AvgIpc) is 2.75. The molecule has 18 heavy (non-hydrogen) atoms. The van der Waals surface area contributed by atoms with Gasteiger partial charge in [-0.25, -0.2) is 4.98 Å². The van der Waals surface area contributed by atoms with Crippen LogP contribution in [0.2, 0.25) is 0 Å². The molecule has 0 aliphatic rings. The second-order valence-corrected chi connectivity index (χ2v) is 4.80. The van der Waals surface area contributed by atoms with E-state index in [0.29, 0.717) is 5.69 Å². The van der Waals surface area contributed by atoms with Crippen LogP contribution in [-0.4, -0.2) is 42.4 Å². The van der Waals surface area contributed by atoms with Gasteiger partial charge >= 0.3 is 5.97 Å². The number of ether oxygens (including phenoxy) is 1. The molecule has 1 rings (SSSR count). The SMILES string of the molecule is CCOCCCNCCc1nc(CC(=O)O)cs1. The first-order chi connectivity index (χ1) is 8.72. The molecule has 0 aliphatic heterocycles. The number of nitrogens with one attached hydrogen (secondary N) is 1.